The molecule has 4 heteroatoms. The van der Waals surface area contributed by atoms with Gasteiger partial charge in [0.05, 0.1) is 25.3 Å². The molecule has 1 unspecified atom stereocenters. The molecule has 1 aromatic carbocycles. The summed E-state index contributed by atoms with van der Waals surface area (Å²) < 4.78 is 6.91. The van der Waals surface area contributed by atoms with Crippen LogP contribution in [-0.4, -0.2) is 21.8 Å². The number of methoxy groups -OCH3 is 1. The Morgan fingerprint density at radius 1 is 1.44 bits per heavy atom. The van der Waals surface area contributed by atoms with Crippen LogP contribution in [0, 0.1) is 0 Å². The molecule has 2 rings (SSSR count). The molecule has 1 heterocycles. The van der Waals surface area contributed by atoms with Crippen molar-refractivity contribution in [3.05, 3.63) is 48.0 Å². The first-order chi connectivity index (χ1) is 7.72. The Morgan fingerprint density at radius 2 is 2.25 bits per heavy atom. The van der Waals surface area contributed by atoms with Crippen molar-refractivity contribution in [2.75, 3.05) is 7.11 Å². The van der Waals surface area contributed by atoms with Crippen molar-refractivity contribution in [3.8, 4) is 5.75 Å². The number of benzene rings is 1. The molecule has 0 radical (unpaired) electrons. The Bertz CT molecular complexity index is 479. The van der Waals surface area contributed by atoms with Gasteiger partial charge in [-0.3, -0.25) is 0 Å². The maximum Gasteiger partial charge on any atom is 0.121 e. The van der Waals surface area contributed by atoms with Crippen LogP contribution in [0.3, 0.4) is 0 Å². The van der Waals surface area contributed by atoms with Crippen LogP contribution in [-0.2, 0) is 7.05 Å². The standard InChI is InChI=1S/C12H14N2O2/c1-14-8-13-7-11(14)12(15)9-4-3-5-10(6-9)16-2/h3-8,12,15H,1-2H3. The summed E-state index contributed by atoms with van der Waals surface area (Å²) in [5, 5.41) is 10.2. The monoisotopic (exact) mass is 218 g/mol. The zero-order valence-electron chi connectivity index (χ0n) is 9.29. The third kappa shape index (κ3) is 1.92. The number of ether oxygens (including phenoxy) is 1. The first kappa shape index (κ1) is 10.7. The van der Waals surface area contributed by atoms with Gasteiger partial charge >= 0.3 is 0 Å². The number of aryl methyl sites for hydroxylation is 1. The van der Waals surface area contributed by atoms with E-state index in [-0.39, 0.29) is 0 Å². The van der Waals surface area contributed by atoms with Gasteiger partial charge in [-0.15, -0.1) is 0 Å². The summed E-state index contributed by atoms with van der Waals surface area (Å²) in [5.41, 5.74) is 1.55. The lowest BCUT2D eigenvalue weighted by molar-refractivity contribution is 0.211. The van der Waals surface area contributed by atoms with Gasteiger partial charge < -0.3 is 14.4 Å². The van der Waals surface area contributed by atoms with Crippen LogP contribution in [0.25, 0.3) is 0 Å². The molecule has 0 aliphatic carbocycles. The first-order valence-corrected chi connectivity index (χ1v) is 5.00. The number of imidazole rings is 1. The van der Waals surface area contributed by atoms with Crippen molar-refractivity contribution >= 4 is 0 Å². The number of aromatic nitrogens is 2. The number of nitrogens with zero attached hydrogens (tertiary/aromatic N) is 2. The summed E-state index contributed by atoms with van der Waals surface area (Å²) in [6.07, 6.45) is 2.64. The topological polar surface area (TPSA) is 47.3 Å². The predicted octanol–water partition coefficient (Wildman–Crippen LogP) is 1.51. The van der Waals surface area contributed by atoms with E-state index in [1.165, 1.54) is 0 Å². The molecule has 0 saturated heterocycles. The lowest BCUT2D eigenvalue weighted by Crippen LogP contribution is -2.05. The fourth-order valence-electron chi connectivity index (χ4n) is 1.61. The highest BCUT2D eigenvalue weighted by Gasteiger charge is 2.14. The van der Waals surface area contributed by atoms with Gasteiger partial charge in [0.1, 0.15) is 11.9 Å². The van der Waals surface area contributed by atoms with Gasteiger partial charge in [0, 0.05) is 7.05 Å². The maximum atomic E-state index is 10.2. The van der Waals surface area contributed by atoms with Crippen molar-refractivity contribution in [1.29, 1.82) is 0 Å². The van der Waals surface area contributed by atoms with Crippen LogP contribution < -0.4 is 4.74 Å². The van der Waals surface area contributed by atoms with E-state index in [1.807, 2.05) is 31.3 Å². The number of rotatable bonds is 3. The third-order valence-corrected chi connectivity index (χ3v) is 2.54. The van der Waals surface area contributed by atoms with Crippen molar-refractivity contribution in [1.82, 2.24) is 9.55 Å². The molecule has 0 aliphatic rings. The Kier molecular flexibility index (Phi) is 2.92. The molecule has 1 atom stereocenters. The molecular weight excluding hydrogens is 204 g/mol. The van der Waals surface area contributed by atoms with Gasteiger partial charge in [0.15, 0.2) is 0 Å². The molecule has 0 fully saturated rings. The van der Waals surface area contributed by atoms with E-state index in [2.05, 4.69) is 4.98 Å². The molecule has 0 saturated carbocycles. The van der Waals surface area contributed by atoms with Crippen LogP contribution in [0.1, 0.15) is 17.4 Å². The lowest BCUT2D eigenvalue weighted by Gasteiger charge is -2.12. The SMILES string of the molecule is COc1cccc(C(O)c2cncn2C)c1. The van der Waals surface area contributed by atoms with Crippen molar-refractivity contribution in [2.24, 2.45) is 7.05 Å². The van der Waals surface area contributed by atoms with E-state index in [0.29, 0.717) is 0 Å². The number of aliphatic hydroxyl groups is 1. The van der Waals surface area contributed by atoms with Gasteiger partial charge in [0.25, 0.3) is 0 Å². The molecule has 84 valence electrons. The van der Waals surface area contributed by atoms with E-state index in [9.17, 15) is 5.11 Å². The maximum absolute atomic E-state index is 10.2. The minimum Gasteiger partial charge on any atom is -0.497 e. The highest BCUT2D eigenvalue weighted by atomic mass is 16.5. The molecular formula is C12H14N2O2. The zero-order chi connectivity index (χ0) is 11.5. The summed E-state index contributed by atoms with van der Waals surface area (Å²) in [4.78, 5) is 3.98. The van der Waals surface area contributed by atoms with Crippen LogP contribution in [0.15, 0.2) is 36.8 Å². The minimum atomic E-state index is -0.678. The smallest absolute Gasteiger partial charge is 0.121 e. The van der Waals surface area contributed by atoms with E-state index < -0.39 is 6.10 Å². The third-order valence-electron chi connectivity index (χ3n) is 2.54. The van der Waals surface area contributed by atoms with Gasteiger partial charge in [-0.05, 0) is 17.7 Å². The van der Waals surface area contributed by atoms with E-state index in [0.717, 1.165) is 17.0 Å². The Morgan fingerprint density at radius 3 is 2.88 bits per heavy atom. The quantitative estimate of drug-likeness (QED) is 0.849. The molecule has 4 nitrogen and oxygen atoms in total. The van der Waals surface area contributed by atoms with Crippen LogP contribution in [0.4, 0.5) is 0 Å². The zero-order valence-corrected chi connectivity index (χ0v) is 9.29. The minimum absolute atomic E-state index is 0.678. The van der Waals surface area contributed by atoms with Gasteiger partial charge in [-0.2, -0.15) is 0 Å². The lowest BCUT2D eigenvalue weighted by atomic mass is 10.1. The Hall–Kier alpha value is -1.81. The average molecular weight is 218 g/mol. The van der Waals surface area contributed by atoms with Crippen molar-refractivity contribution < 1.29 is 9.84 Å². The Balaban J connectivity index is 2.33. The second-order valence-corrected chi connectivity index (χ2v) is 3.61. The largest absolute Gasteiger partial charge is 0.497 e. The van der Waals surface area contributed by atoms with Gasteiger partial charge in [-0.25, -0.2) is 4.98 Å². The normalized spacial score (nSPS) is 12.4. The molecule has 1 N–H and O–H groups in total. The summed E-state index contributed by atoms with van der Waals surface area (Å²) in [6.45, 7) is 0. The van der Waals surface area contributed by atoms with E-state index in [4.69, 9.17) is 4.74 Å². The van der Waals surface area contributed by atoms with E-state index in [1.54, 1.807) is 24.2 Å². The molecule has 1 aromatic heterocycles. The fraction of sp³-hybridized carbons (Fsp3) is 0.250. The highest BCUT2D eigenvalue weighted by molar-refractivity contribution is 5.33. The van der Waals surface area contributed by atoms with Crippen molar-refractivity contribution in [3.63, 3.8) is 0 Å². The number of hydrogen-bond donors (Lipinski definition) is 1. The summed E-state index contributed by atoms with van der Waals surface area (Å²) in [6, 6.07) is 7.38. The molecule has 0 amide bonds. The van der Waals surface area contributed by atoms with E-state index >= 15 is 0 Å². The van der Waals surface area contributed by atoms with Gasteiger partial charge in [-0.1, -0.05) is 12.1 Å². The molecule has 2 aromatic rings. The number of hydrogen-bond acceptors (Lipinski definition) is 3. The summed E-state index contributed by atoms with van der Waals surface area (Å²) in [5.74, 6) is 0.735. The van der Waals surface area contributed by atoms with Crippen LogP contribution in [0.2, 0.25) is 0 Å². The second kappa shape index (κ2) is 4.37. The van der Waals surface area contributed by atoms with Gasteiger partial charge in [0.2, 0.25) is 0 Å². The molecule has 0 aliphatic heterocycles. The molecule has 16 heavy (non-hydrogen) atoms. The van der Waals surface area contributed by atoms with Crippen LogP contribution in [0.5, 0.6) is 5.75 Å². The average Bonchev–Trinajstić information content (AvgIpc) is 2.74. The Labute approximate surface area is 94.1 Å². The van der Waals surface area contributed by atoms with Crippen molar-refractivity contribution in [2.45, 2.75) is 6.10 Å². The second-order valence-electron chi connectivity index (χ2n) is 3.61. The highest BCUT2D eigenvalue weighted by Crippen LogP contribution is 2.24. The predicted molar refractivity (Wildman–Crippen MR) is 60.3 cm³/mol. The van der Waals surface area contributed by atoms with Crippen LogP contribution >= 0.6 is 0 Å². The first-order valence-electron chi connectivity index (χ1n) is 5.00. The summed E-state index contributed by atoms with van der Waals surface area (Å²) >= 11 is 0. The molecule has 0 spiro atoms. The summed E-state index contributed by atoms with van der Waals surface area (Å²) in [7, 11) is 3.46. The molecule has 0 bridgehead atoms. The number of aliphatic hydroxyl groups excluding tert-OH is 1. The fourth-order valence-corrected chi connectivity index (χ4v) is 1.61.